The minimum atomic E-state index is -3.48. The summed E-state index contributed by atoms with van der Waals surface area (Å²) >= 11 is 1.55. The first-order chi connectivity index (χ1) is 13.9. The van der Waals surface area contributed by atoms with Gasteiger partial charge in [0.15, 0.2) is 5.76 Å². The summed E-state index contributed by atoms with van der Waals surface area (Å²) < 4.78 is 32.3. The number of furan rings is 1. The molecule has 0 aliphatic carbocycles. The van der Waals surface area contributed by atoms with E-state index >= 15 is 0 Å². The van der Waals surface area contributed by atoms with Crippen molar-refractivity contribution in [1.82, 2.24) is 14.6 Å². The molecule has 1 aromatic carbocycles. The highest BCUT2D eigenvalue weighted by molar-refractivity contribution is 7.89. The lowest BCUT2D eigenvalue weighted by Gasteiger charge is -2.15. The van der Waals surface area contributed by atoms with Crippen LogP contribution in [-0.4, -0.2) is 36.7 Å². The summed E-state index contributed by atoms with van der Waals surface area (Å²) in [6, 6.07) is 9.66. The summed E-state index contributed by atoms with van der Waals surface area (Å²) in [7, 11) is -3.48. The van der Waals surface area contributed by atoms with Gasteiger partial charge in [-0.3, -0.25) is 4.79 Å². The molecule has 4 rings (SSSR count). The monoisotopic (exact) mass is 431 g/mol. The quantitative estimate of drug-likeness (QED) is 0.646. The lowest BCUT2D eigenvalue weighted by molar-refractivity contribution is 0.0948. The Hall–Kier alpha value is -2.49. The highest BCUT2D eigenvalue weighted by atomic mass is 32.2. The van der Waals surface area contributed by atoms with Gasteiger partial charge < -0.3 is 9.73 Å². The summed E-state index contributed by atoms with van der Waals surface area (Å²) in [5.74, 6) is 0.986. The van der Waals surface area contributed by atoms with E-state index in [-0.39, 0.29) is 17.3 Å². The zero-order valence-electron chi connectivity index (χ0n) is 15.9. The van der Waals surface area contributed by atoms with Crippen molar-refractivity contribution in [3.05, 3.63) is 58.1 Å². The van der Waals surface area contributed by atoms with Crippen LogP contribution < -0.4 is 5.32 Å². The molecule has 1 aliphatic heterocycles. The van der Waals surface area contributed by atoms with E-state index < -0.39 is 10.0 Å². The first kappa shape index (κ1) is 19.8. The van der Waals surface area contributed by atoms with Gasteiger partial charge in [-0.25, -0.2) is 13.4 Å². The molecule has 9 heteroatoms. The molecular weight excluding hydrogens is 410 g/mol. The molecule has 0 atom stereocenters. The van der Waals surface area contributed by atoms with E-state index in [2.05, 4.69) is 10.3 Å². The fraction of sp³-hybridized carbons (Fsp3) is 0.300. The molecule has 152 valence electrons. The molecular formula is C20H21N3O4S2. The minimum absolute atomic E-state index is 0.213. The van der Waals surface area contributed by atoms with Crippen LogP contribution in [0.2, 0.25) is 0 Å². The van der Waals surface area contributed by atoms with Crippen LogP contribution in [0.25, 0.3) is 11.5 Å². The van der Waals surface area contributed by atoms with E-state index in [1.165, 1.54) is 28.6 Å². The summed E-state index contributed by atoms with van der Waals surface area (Å²) in [4.78, 5) is 17.0. The lowest BCUT2D eigenvalue weighted by Crippen LogP contribution is -2.28. The van der Waals surface area contributed by atoms with E-state index in [0.29, 0.717) is 30.2 Å². The number of amides is 1. The van der Waals surface area contributed by atoms with Gasteiger partial charge in [0.2, 0.25) is 10.0 Å². The van der Waals surface area contributed by atoms with Crippen molar-refractivity contribution >= 4 is 27.3 Å². The van der Waals surface area contributed by atoms with Crippen LogP contribution in [-0.2, 0) is 16.6 Å². The number of aryl methyl sites for hydroxylation is 1. The van der Waals surface area contributed by atoms with Gasteiger partial charge in [0.25, 0.3) is 5.91 Å². The summed E-state index contributed by atoms with van der Waals surface area (Å²) in [6.45, 7) is 3.27. The molecule has 1 amide bonds. The SMILES string of the molecule is Cc1nc(-c2ccc(CNC(=O)c3ccc(S(=O)(=O)N4CCCC4)cc3)o2)cs1. The number of thiazole rings is 1. The van der Waals surface area contributed by atoms with Crippen LogP contribution in [0.1, 0.15) is 34.0 Å². The van der Waals surface area contributed by atoms with Crippen molar-refractivity contribution in [2.24, 2.45) is 0 Å². The highest BCUT2D eigenvalue weighted by Gasteiger charge is 2.27. The molecule has 0 radical (unpaired) electrons. The maximum Gasteiger partial charge on any atom is 0.251 e. The molecule has 1 aliphatic rings. The Morgan fingerprint density at radius 1 is 1.17 bits per heavy atom. The zero-order valence-corrected chi connectivity index (χ0v) is 17.6. The Morgan fingerprint density at radius 2 is 1.90 bits per heavy atom. The van der Waals surface area contributed by atoms with Gasteiger partial charge in [-0.15, -0.1) is 11.3 Å². The minimum Gasteiger partial charge on any atom is -0.458 e. The third kappa shape index (κ3) is 4.26. The maximum atomic E-state index is 12.6. The number of nitrogens with zero attached hydrogens (tertiary/aromatic N) is 2. The first-order valence-corrected chi connectivity index (χ1v) is 11.6. The fourth-order valence-electron chi connectivity index (χ4n) is 3.21. The second kappa shape index (κ2) is 8.10. The number of sulfonamides is 1. The van der Waals surface area contributed by atoms with E-state index in [4.69, 9.17) is 4.42 Å². The van der Waals surface area contributed by atoms with Gasteiger partial charge in [-0.2, -0.15) is 4.31 Å². The van der Waals surface area contributed by atoms with E-state index in [9.17, 15) is 13.2 Å². The molecule has 1 saturated heterocycles. The van der Waals surface area contributed by atoms with E-state index in [0.717, 1.165) is 23.5 Å². The Morgan fingerprint density at radius 3 is 2.55 bits per heavy atom. The summed E-state index contributed by atoms with van der Waals surface area (Å²) in [5, 5.41) is 5.67. The van der Waals surface area contributed by atoms with Crippen LogP contribution in [0.3, 0.4) is 0 Å². The van der Waals surface area contributed by atoms with Crippen LogP contribution >= 0.6 is 11.3 Å². The molecule has 29 heavy (non-hydrogen) atoms. The molecule has 0 unspecified atom stereocenters. The molecule has 0 bridgehead atoms. The largest absolute Gasteiger partial charge is 0.458 e. The van der Waals surface area contributed by atoms with Crippen molar-refractivity contribution in [2.45, 2.75) is 31.2 Å². The number of hydrogen-bond donors (Lipinski definition) is 1. The average Bonchev–Trinajstić information content (AvgIpc) is 3.47. The molecule has 7 nitrogen and oxygen atoms in total. The topological polar surface area (TPSA) is 92.5 Å². The number of carbonyl (C=O) groups excluding carboxylic acids is 1. The van der Waals surface area contributed by atoms with Gasteiger partial charge in [0, 0.05) is 24.0 Å². The molecule has 3 aromatic rings. The lowest BCUT2D eigenvalue weighted by atomic mass is 10.2. The van der Waals surface area contributed by atoms with Gasteiger partial charge in [0.05, 0.1) is 16.4 Å². The van der Waals surface area contributed by atoms with Gasteiger partial charge >= 0.3 is 0 Å². The van der Waals surface area contributed by atoms with Gasteiger partial charge in [-0.05, 0) is 56.2 Å². The van der Waals surface area contributed by atoms with Gasteiger partial charge in [0.1, 0.15) is 11.5 Å². The third-order valence-corrected chi connectivity index (χ3v) is 7.46. The predicted octanol–water partition coefficient (Wildman–Crippen LogP) is 3.43. The number of benzene rings is 1. The van der Waals surface area contributed by atoms with Crippen LogP contribution in [0, 0.1) is 6.92 Å². The van der Waals surface area contributed by atoms with Gasteiger partial charge in [-0.1, -0.05) is 0 Å². The summed E-state index contributed by atoms with van der Waals surface area (Å²) in [5.41, 5.74) is 1.17. The second-order valence-corrected chi connectivity index (χ2v) is 9.84. The Bertz CT molecular complexity index is 1110. The van der Waals surface area contributed by atoms with Crippen molar-refractivity contribution in [3.63, 3.8) is 0 Å². The first-order valence-electron chi connectivity index (χ1n) is 9.33. The van der Waals surface area contributed by atoms with Crippen LogP contribution in [0.4, 0.5) is 0 Å². The molecule has 0 spiro atoms. The number of nitrogens with one attached hydrogen (secondary N) is 1. The molecule has 1 N–H and O–H groups in total. The zero-order chi connectivity index (χ0) is 20.4. The number of aromatic nitrogens is 1. The molecule has 3 heterocycles. The molecule has 1 fully saturated rings. The second-order valence-electron chi connectivity index (χ2n) is 6.84. The van der Waals surface area contributed by atoms with E-state index in [1.54, 1.807) is 17.4 Å². The summed E-state index contributed by atoms with van der Waals surface area (Å²) in [6.07, 6.45) is 1.77. The Labute approximate surface area is 173 Å². The Kier molecular flexibility index (Phi) is 5.53. The van der Waals surface area contributed by atoms with Crippen molar-refractivity contribution in [3.8, 4) is 11.5 Å². The molecule has 2 aromatic heterocycles. The third-order valence-electron chi connectivity index (χ3n) is 4.78. The van der Waals surface area contributed by atoms with Crippen LogP contribution in [0.5, 0.6) is 0 Å². The average molecular weight is 432 g/mol. The van der Waals surface area contributed by atoms with Crippen molar-refractivity contribution in [1.29, 1.82) is 0 Å². The Balaban J connectivity index is 1.38. The smallest absolute Gasteiger partial charge is 0.251 e. The number of rotatable bonds is 6. The van der Waals surface area contributed by atoms with Crippen molar-refractivity contribution < 1.29 is 17.6 Å². The predicted molar refractivity (Wildman–Crippen MR) is 110 cm³/mol. The maximum absolute atomic E-state index is 12.6. The van der Waals surface area contributed by atoms with Crippen molar-refractivity contribution in [2.75, 3.05) is 13.1 Å². The van der Waals surface area contributed by atoms with E-state index in [1.807, 2.05) is 18.4 Å². The number of carbonyl (C=O) groups is 1. The normalized spacial score (nSPS) is 14.9. The standard InChI is InChI=1S/C20H21N3O4S2/c1-14-22-18(13-28-14)19-9-6-16(27-19)12-21-20(24)15-4-7-17(8-5-15)29(25,26)23-10-2-3-11-23/h4-9,13H,2-3,10-12H2,1H3,(H,21,24). The van der Waals surface area contributed by atoms with Crippen LogP contribution in [0.15, 0.2) is 51.1 Å². The molecule has 0 saturated carbocycles. The highest BCUT2D eigenvalue weighted by Crippen LogP contribution is 2.24. The number of hydrogen-bond acceptors (Lipinski definition) is 6. The fourth-order valence-corrected chi connectivity index (χ4v) is 5.33.